The number of nitrogens with one attached hydrogen (secondary N) is 1. The van der Waals surface area contributed by atoms with Gasteiger partial charge in [-0.15, -0.1) is 0 Å². The van der Waals surface area contributed by atoms with Crippen LogP contribution in [0.1, 0.15) is 40.3 Å². The van der Waals surface area contributed by atoms with E-state index in [0.717, 1.165) is 33.4 Å². The Labute approximate surface area is 208 Å². The Morgan fingerprint density at radius 1 is 0.971 bits per heavy atom. The molecule has 1 N–H and O–H groups in total. The van der Waals surface area contributed by atoms with Crippen LogP contribution in [0.2, 0.25) is 0 Å². The molecule has 1 aliphatic rings. The fourth-order valence-electron chi connectivity index (χ4n) is 4.69. The van der Waals surface area contributed by atoms with Gasteiger partial charge in [-0.2, -0.15) is 4.31 Å². The summed E-state index contributed by atoms with van der Waals surface area (Å²) in [6, 6.07) is 15.9. The molecule has 6 nitrogen and oxygen atoms in total. The highest BCUT2D eigenvalue weighted by Crippen LogP contribution is 2.34. The second kappa shape index (κ2) is 9.84. The minimum absolute atomic E-state index is 0.145. The standard InChI is InChI=1S/C28H32N2O4S/c1-6-34-25-13-11-24(12-14-25)29-28(31)26-16-22-9-7-8-10-23(22)17-30(26)35(32,33)27-20(4)18(2)15-19(3)21(27)5/h7-15,26H,6,16-17H2,1-5H3,(H,29,31)/t26-/m0/s1. The molecule has 184 valence electrons. The van der Waals surface area contributed by atoms with E-state index in [4.69, 9.17) is 4.74 Å². The molecule has 1 atom stereocenters. The van der Waals surface area contributed by atoms with Crippen molar-refractivity contribution in [2.24, 2.45) is 0 Å². The molecule has 3 aromatic rings. The Morgan fingerprint density at radius 3 is 2.17 bits per heavy atom. The maximum absolute atomic E-state index is 14.2. The summed E-state index contributed by atoms with van der Waals surface area (Å²) in [5.74, 6) is 0.356. The second-order valence-electron chi connectivity index (χ2n) is 9.08. The van der Waals surface area contributed by atoms with Crippen LogP contribution in [0.3, 0.4) is 0 Å². The Morgan fingerprint density at radius 2 is 1.57 bits per heavy atom. The van der Waals surface area contributed by atoms with Gasteiger partial charge in [-0.25, -0.2) is 8.42 Å². The second-order valence-corrected chi connectivity index (χ2v) is 10.9. The lowest BCUT2D eigenvalue weighted by molar-refractivity contribution is -0.120. The normalized spacial score (nSPS) is 16.0. The molecule has 1 heterocycles. The number of amides is 1. The molecule has 0 aromatic heterocycles. The molecular weight excluding hydrogens is 460 g/mol. The summed E-state index contributed by atoms with van der Waals surface area (Å²) >= 11 is 0. The first-order valence-corrected chi connectivity index (χ1v) is 13.3. The molecule has 1 aliphatic heterocycles. The highest BCUT2D eigenvalue weighted by atomic mass is 32.2. The first kappa shape index (κ1) is 24.9. The van der Waals surface area contributed by atoms with Crippen molar-refractivity contribution in [1.29, 1.82) is 0 Å². The lowest BCUT2D eigenvalue weighted by Crippen LogP contribution is -2.50. The van der Waals surface area contributed by atoms with Gasteiger partial charge in [-0.3, -0.25) is 4.79 Å². The zero-order valence-electron chi connectivity index (χ0n) is 20.9. The van der Waals surface area contributed by atoms with Crippen molar-refractivity contribution in [3.05, 3.63) is 88.0 Å². The Hall–Kier alpha value is -3.16. The quantitative estimate of drug-likeness (QED) is 0.521. The fraction of sp³-hybridized carbons (Fsp3) is 0.321. The number of carbonyl (C=O) groups excluding carboxylic acids is 1. The lowest BCUT2D eigenvalue weighted by Gasteiger charge is -2.36. The number of anilines is 1. The van der Waals surface area contributed by atoms with Crippen LogP contribution >= 0.6 is 0 Å². The Kier molecular flexibility index (Phi) is 7.01. The molecule has 0 radical (unpaired) electrons. The third-order valence-corrected chi connectivity index (χ3v) is 8.93. The molecule has 0 saturated heterocycles. The van der Waals surface area contributed by atoms with Crippen LogP contribution in [0.15, 0.2) is 59.5 Å². The van der Waals surface area contributed by atoms with Crippen LogP contribution in [0.5, 0.6) is 5.75 Å². The van der Waals surface area contributed by atoms with Gasteiger partial charge in [0, 0.05) is 12.2 Å². The topological polar surface area (TPSA) is 75.7 Å². The molecule has 0 spiro atoms. The van der Waals surface area contributed by atoms with Crippen LogP contribution < -0.4 is 10.1 Å². The fourth-order valence-corrected chi connectivity index (χ4v) is 6.83. The van der Waals surface area contributed by atoms with Crippen molar-refractivity contribution >= 4 is 21.6 Å². The summed E-state index contributed by atoms with van der Waals surface area (Å²) in [5, 5.41) is 2.92. The maximum Gasteiger partial charge on any atom is 0.244 e. The number of fused-ring (bicyclic) bond motifs is 1. The van der Waals surface area contributed by atoms with Gasteiger partial charge in [0.25, 0.3) is 0 Å². The zero-order valence-corrected chi connectivity index (χ0v) is 21.7. The molecule has 7 heteroatoms. The number of aryl methyl sites for hydroxylation is 2. The first-order valence-electron chi connectivity index (χ1n) is 11.8. The van der Waals surface area contributed by atoms with Crippen LogP contribution in [-0.2, 0) is 27.8 Å². The van der Waals surface area contributed by atoms with E-state index in [1.165, 1.54) is 4.31 Å². The molecule has 35 heavy (non-hydrogen) atoms. The van der Waals surface area contributed by atoms with Crippen molar-refractivity contribution in [3.8, 4) is 5.75 Å². The average molecular weight is 493 g/mol. The number of carbonyl (C=O) groups is 1. The van der Waals surface area contributed by atoms with E-state index in [-0.39, 0.29) is 12.5 Å². The molecule has 0 bridgehead atoms. The van der Waals surface area contributed by atoms with E-state index >= 15 is 0 Å². The number of ether oxygens (including phenoxy) is 1. The third kappa shape index (κ3) is 4.83. The van der Waals surface area contributed by atoms with Gasteiger partial charge in [-0.1, -0.05) is 30.3 Å². The summed E-state index contributed by atoms with van der Waals surface area (Å²) in [4.78, 5) is 13.8. The molecular formula is C28H32N2O4S. The Balaban J connectivity index is 1.74. The molecule has 3 aromatic carbocycles. The number of hydrogen-bond acceptors (Lipinski definition) is 4. The minimum Gasteiger partial charge on any atom is -0.494 e. The summed E-state index contributed by atoms with van der Waals surface area (Å²) in [7, 11) is -3.96. The molecule has 0 fully saturated rings. The van der Waals surface area contributed by atoms with Crippen molar-refractivity contribution in [1.82, 2.24) is 4.31 Å². The summed E-state index contributed by atoms with van der Waals surface area (Å²) in [6.07, 6.45) is 0.307. The van der Waals surface area contributed by atoms with Crippen LogP contribution in [0, 0.1) is 27.7 Å². The van der Waals surface area contributed by atoms with E-state index in [0.29, 0.717) is 29.4 Å². The Bertz CT molecular complexity index is 1340. The van der Waals surface area contributed by atoms with Gasteiger partial charge in [0.1, 0.15) is 11.8 Å². The highest BCUT2D eigenvalue weighted by molar-refractivity contribution is 7.89. The molecule has 4 rings (SSSR count). The predicted molar refractivity (Wildman–Crippen MR) is 138 cm³/mol. The van der Waals surface area contributed by atoms with E-state index in [1.807, 2.05) is 65.0 Å². The summed E-state index contributed by atoms with van der Waals surface area (Å²) in [6.45, 7) is 10.1. The van der Waals surface area contributed by atoms with Gasteiger partial charge in [-0.05, 0) is 98.7 Å². The van der Waals surface area contributed by atoms with Gasteiger partial charge in [0.2, 0.25) is 15.9 Å². The van der Waals surface area contributed by atoms with E-state index in [9.17, 15) is 13.2 Å². The van der Waals surface area contributed by atoms with Crippen molar-refractivity contribution < 1.29 is 17.9 Å². The number of sulfonamides is 1. The highest BCUT2D eigenvalue weighted by Gasteiger charge is 2.41. The summed E-state index contributed by atoms with van der Waals surface area (Å²) < 4.78 is 35.2. The van der Waals surface area contributed by atoms with Gasteiger partial charge < -0.3 is 10.1 Å². The third-order valence-electron chi connectivity index (χ3n) is 6.80. The van der Waals surface area contributed by atoms with Crippen molar-refractivity contribution in [2.75, 3.05) is 11.9 Å². The number of rotatable bonds is 6. The van der Waals surface area contributed by atoms with Gasteiger partial charge in [0.15, 0.2) is 0 Å². The van der Waals surface area contributed by atoms with E-state index in [1.54, 1.807) is 24.3 Å². The molecule has 1 amide bonds. The lowest BCUT2D eigenvalue weighted by atomic mass is 9.95. The molecule has 0 saturated carbocycles. The van der Waals surface area contributed by atoms with Gasteiger partial charge >= 0.3 is 0 Å². The number of nitrogens with zero attached hydrogens (tertiary/aromatic N) is 1. The average Bonchev–Trinajstić information content (AvgIpc) is 2.83. The predicted octanol–water partition coefficient (Wildman–Crippen LogP) is 5.07. The van der Waals surface area contributed by atoms with Crippen molar-refractivity contribution in [2.45, 2.75) is 58.5 Å². The SMILES string of the molecule is CCOc1ccc(NC(=O)[C@@H]2Cc3ccccc3CN2S(=O)(=O)c2c(C)c(C)cc(C)c2C)cc1. The number of hydrogen-bond donors (Lipinski definition) is 1. The van der Waals surface area contributed by atoms with Crippen LogP contribution in [0.4, 0.5) is 5.69 Å². The van der Waals surface area contributed by atoms with Crippen LogP contribution in [0.25, 0.3) is 0 Å². The monoisotopic (exact) mass is 492 g/mol. The van der Waals surface area contributed by atoms with Gasteiger partial charge in [0.05, 0.1) is 11.5 Å². The minimum atomic E-state index is -3.96. The molecule has 0 unspecified atom stereocenters. The zero-order chi connectivity index (χ0) is 25.3. The largest absolute Gasteiger partial charge is 0.494 e. The van der Waals surface area contributed by atoms with E-state index in [2.05, 4.69) is 5.32 Å². The molecule has 0 aliphatic carbocycles. The summed E-state index contributed by atoms with van der Waals surface area (Å²) in [5.41, 5.74) is 5.77. The number of benzene rings is 3. The first-order chi connectivity index (χ1) is 16.6. The smallest absolute Gasteiger partial charge is 0.244 e. The maximum atomic E-state index is 14.2. The van der Waals surface area contributed by atoms with Crippen LogP contribution in [-0.4, -0.2) is 31.3 Å². The van der Waals surface area contributed by atoms with E-state index < -0.39 is 16.1 Å². The van der Waals surface area contributed by atoms with Crippen molar-refractivity contribution in [3.63, 3.8) is 0 Å².